The first-order valence-electron chi connectivity index (χ1n) is 7.32. The molecular weight excluding hydrogens is 309 g/mol. The first kappa shape index (κ1) is 15.6. The van der Waals surface area contributed by atoms with Gasteiger partial charge in [0.2, 0.25) is 0 Å². The van der Waals surface area contributed by atoms with E-state index in [0.717, 1.165) is 16.6 Å². The van der Waals surface area contributed by atoms with Crippen LogP contribution in [0, 0.1) is 5.82 Å². The summed E-state index contributed by atoms with van der Waals surface area (Å²) in [6, 6.07) is 14.9. The smallest absolute Gasteiger partial charge is 0.172 e. The highest BCUT2D eigenvalue weighted by molar-refractivity contribution is 7.98. The van der Waals surface area contributed by atoms with Crippen LogP contribution < -0.4 is 4.90 Å². The van der Waals surface area contributed by atoms with E-state index >= 15 is 0 Å². The topological polar surface area (TPSA) is 21.1 Å². The number of hydrogen-bond donors (Lipinski definition) is 0. The minimum Gasteiger partial charge on any atom is -0.377 e. The third-order valence-corrected chi connectivity index (χ3v) is 4.54. The predicted octanol–water partition coefficient (Wildman–Crippen LogP) is 4.37. The van der Waals surface area contributed by atoms with Gasteiger partial charge < -0.3 is 4.90 Å². The quantitative estimate of drug-likeness (QED) is 0.649. The third-order valence-electron chi connectivity index (χ3n) is 3.52. The summed E-state index contributed by atoms with van der Waals surface area (Å²) < 4.78 is 15.3. The molecular formula is C18H18FN3S. The third kappa shape index (κ3) is 3.56. The van der Waals surface area contributed by atoms with Crippen molar-refractivity contribution in [1.82, 2.24) is 9.55 Å². The zero-order chi connectivity index (χ0) is 16.2. The minimum atomic E-state index is -0.245. The van der Waals surface area contributed by atoms with Crippen molar-refractivity contribution in [3.05, 3.63) is 72.3 Å². The van der Waals surface area contributed by atoms with Gasteiger partial charge in [-0.05, 0) is 29.8 Å². The molecule has 3 aromatic rings. The molecule has 0 radical (unpaired) electrons. The highest BCUT2D eigenvalue weighted by Crippen LogP contribution is 2.28. The fraction of sp³-hybridized carbons (Fsp3) is 0.167. The van der Waals surface area contributed by atoms with Gasteiger partial charge in [0.25, 0.3) is 0 Å². The van der Waals surface area contributed by atoms with Crippen LogP contribution in [-0.4, -0.2) is 23.6 Å². The molecule has 0 unspecified atom stereocenters. The van der Waals surface area contributed by atoms with E-state index in [-0.39, 0.29) is 5.82 Å². The van der Waals surface area contributed by atoms with E-state index in [2.05, 4.69) is 22.0 Å². The van der Waals surface area contributed by atoms with E-state index in [0.29, 0.717) is 0 Å². The van der Waals surface area contributed by atoms with Gasteiger partial charge in [0, 0.05) is 37.9 Å². The number of halogens is 1. The van der Waals surface area contributed by atoms with Crippen LogP contribution in [0.15, 0.2) is 66.1 Å². The van der Waals surface area contributed by atoms with E-state index in [4.69, 9.17) is 0 Å². The van der Waals surface area contributed by atoms with E-state index in [1.807, 2.05) is 43.1 Å². The van der Waals surface area contributed by atoms with Crippen LogP contribution in [-0.2, 0) is 5.75 Å². The average molecular weight is 327 g/mol. The maximum absolute atomic E-state index is 13.4. The first-order chi connectivity index (χ1) is 11.1. The second kappa shape index (κ2) is 6.87. The van der Waals surface area contributed by atoms with Crippen LogP contribution in [0.4, 0.5) is 10.1 Å². The minimum absolute atomic E-state index is 0.245. The Hall–Kier alpha value is -2.27. The molecule has 0 spiro atoms. The molecule has 0 saturated carbocycles. The SMILES string of the molecule is CN(C)c1ccccc1CSc1nccn1-c1cccc(F)c1. The van der Waals surface area contributed by atoms with Crippen molar-refractivity contribution in [2.24, 2.45) is 0 Å². The Balaban J connectivity index is 1.82. The molecule has 1 aromatic heterocycles. The number of nitrogens with zero attached hydrogens (tertiary/aromatic N) is 3. The van der Waals surface area contributed by atoms with Crippen LogP contribution in [0.25, 0.3) is 5.69 Å². The van der Waals surface area contributed by atoms with Crippen LogP contribution >= 0.6 is 11.8 Å². The van der Waals surface area contributed by atoms with E-state index < -0.39 is 0 Å². The molecule has 0 N–H and O–H groups in total. The molecule has 3 rings (SSSR count). The number of anilines is 1. The zero-order valence-corrected chi connectivity index (χ0v) is 13.9. The summed E-state index contributed by atoms with van der Waals surface area (Å²) in [7, 11) is 4.08. The summed E-state index contributed by atoms with van der Waals surface area (Å²) in [5, 5.41) is 0.851. The Morgan fingerprint density at radius 2 is 1.96 bits per heavy atom. The fourth-order valence-corrected chi connectivity index (χ4v) is 3.40. The monoisotopic (exact) mass is 327 g/mol. The van der Waals surface area contributed by atoms with E-state index in [1.54, 1.807) is 24.0 Å². The summed E-state index contributed by atoms with van der Waals surface area (Å²) in [6.45, 7) is 0. The van der Waals surface area contributed by atoms with Gasteiger partial charge in [-0.1, -0.05) is 36.0 Å². The lowest BCUT2D eigenvalue weighted by molar-refractivity contribution is 0.626. The van der Waals surface area contributed by atoms with Gasteiger partial charge in [-0.15, -0.1) is 0 Å². The highest BCUT2D eigenvalue weighted by atomic mass is 32.2. The molecule has 0 saturated heterocycles. The molecule has 0 aliphatic carbocycles. The molecule has 1 heterocycles. The Bertz CT molecular complexity index is 798. The molecule has 23 heavy (non-hydrogen) atoms. The molecule has 0 bridgehead atoms. The Labute approximate surface area is 139 Å². The van der Waals surface area contributed by atoms with Crippen molar-refractivity contribution >= 4 is 17.4 Å². The Kier molecular flexibility index (Phi) is 4.67. The van der Waals surface area contributed by atoms with Crippen molar-refractivity contribution in [3.8, 4) is 5.69 Å². The normalized spacial score (nSPS) is 10.7. The van der Waals surface area contributed by atoms with Gasteiger partial charge in [0.05, 0.1) is 5.69 Å². The van der Waals surface area contributed by atoms with Crippen LogP contribution in [0.2, 0.25) is 0 Å². The number of aromatic nitrogens is 2. The maximum atomic E-state index is 13.4. The lowest BCUT2D eigenvalue weighted by Gasteiger charge is -2.17. The lowest BCUT2D eigenvalue weighted by atomic mass is 10.2. The molecule has 0 fully saturated rings. The lowest BCUT2D eigenvalue weighted by Crippen LogP contribution is -2.10. The van der Waals surface area contributed by atoms with Crippen LogP contribution in [0.5, 0.6) is 0 Å². The second-order valence-corrected chi connectivity index (χ2v) is 6.31. The number of rotatable bonds is 5. The van der Waals surface area contributed by atoms with Gasteiger partial charge >= 0.3 is 0 Å². The second-order valence-electron chi connectivity index (χ2n) is 5.37. The van der Waals surface area contributed by atoms with Crippen LogP contribution in [0.1, 0.15) is 5.56 Å². The largest absolute Gasteiger partial charge is 0.377 e. The number of imidazole rings is 1. The zero-order valence-electron chi connectivity index (χ0n) is 13.1. The van der Waals surface area contributed by atoms with E-state index in [1.165, 1.54) is 23.4 Å². The summed E-state index contributed by atoms with van der Waals surface area (Å²) in [6.07, 6.45) is 3.60. The molecule has 118 valence electrons. The molecule has 5 heteroatoms. The number of thioether (sulfide) groups is 1. The summed E-state index contributed by atoms with van der Waals surface area (Å²) in [5.41, 5.74) is 3.23. The predicted molar refractivity (Wildman–Crippen MR) is 93.9 cm³/mol. The molecule has 2 aromatic carbocycles. The molecule has 0 amide bonds. The molecule has 3 nitrogen and oxygen atoms in total. The molecule has 0 atom stereocenters. The summed E-state index contributed by atoms with van der Waals surface area (Å²) >= 11 is 1.64. The van der Waals surface area contributed by atoms with Crippen molar-refractivity contribution < 1.29 is 4.39 Å². The molecule has 0 aliphatic rings. The Morgan fingerprint density at radius 1 is 1.13 bits per heavy atom. The maximum Gasteiger partial charge on any atom is 0.172 e. The van der Waals surface area contributed by atoms with Crippen molar-refractivity contribution in [1.29, 1.82) is 0 Å². The van der Waals surface area contributed by atoms with Crippen LogP contribution in [0.3, 0.4) is 0 Å². The van der Waals surface area contributed by atoms with Gasteiger partial charge in [-0.25, -0.2) is 9.37 Å². The van der Waals surface area contributed by atoms with Crippen molar-refractivity contribution in [3.63, 3.8) is 0 Å². The van der Waals surface area contributed by atoms with Gasteiger partial charge in [-0.3, -0.25) is 4.57 Å². The first-order valence-corrected chi connectivity index (χ1v) is 8.31. The highest BCUT2D eigenvalue weighted by Gasteiger charge is 2.09. The summed E-state index contributed by atoms with van der Waals surface area (Å²) in [5.74, 6) is 0.561. The number of hydrogen-bond acceptors (Lipinski definition) is 3. The standard InChI is InChI=1S/C18H18FN3S/c1-21(2)17-9-4-3-6-14(17)13-23-18-20-10-11-22(18)16-8-5-7-15(19)12-16/h3-12H,13H2,1-2H3. The summed E-state index contributed by atoms with van der Waals surface area (Å²) in [4.78, 5) is 6.51. The fourth-order valence-electron chi connectivity index (χ4n) is 2.43. The molecule has 0 aliphatic heterocycles. The van der Waals surface area contributed by atoms with Crippen molar-refractivity contribution in [2.45, 2.75) is 10.9 Å². The Morgan fingerprint density at radius 3 is 2.74 bits per heavy atom. The van der Waals surface area contributed by atoms with Gasteiger partial charge in [0.1, 0.15) is 5.82 Å². The van der Waals surface area contributed by atoms with Crippen molar-refractivity contribution in [2.75, 3.05) is 19.0 Å². The average Bonchev–Trinajstić information content (AvgIpc) is 3.01. The number of benzene rings is 2. The van der Waals surface area contributed by atoms with Gasteiger partial charge in [0.15, 0.2) is 5.16 Å². The van der Waals surface area contributed by atoms with Gasteiger partial charge in [-0.2, -0.15) is 0 Å². The number of para-hydroxylation sites is 1. The van der Waals surface area contributed by atoms with E-state index in [9.17, 15) is 4.39 Å².